The summed E-state index contributed by atoms with van der Waals surface area (Å²) in [5.74, 6) is 0.142. The van der Waals surface area contributed by atoms with Gasteiger partial charge in [-0.05, 0) is 44.9 Å². The van der Waals surface area contributed by atoms with E-state index in [0.29, 0.717) is 17.1 Å². The van der Waals surface area contributed by atoms with Gasteiger partial charge in [0, 0.05) is 36.3 Å². The molecule has 5 heteroatoms. The van der Waals surface area contributed by atoms with E-state index in [0.717, 1.165) is 31.6 Å². The van der Waals surface area contributed by atoms with Gasteiger partial charge >= 0.3 is 0 Å². The van der Waals surface area contributed by atoms with Gasteiger partial charge in [0.1, 0.15) is 0 Å². The maximum Gasteiger partial charge on any atom is 0.256 e. The van der Waals surface area contributed by atoms with Crippen molar-refractivity contribution in [1.82, 2.24) is 4.90 Å². The van der Waals surface area contributed by atoms with Gasteiger partial charge in [0.25, 0.3) is 5.91 Å². The van der Waals surface area contributed by atoms with Crippen molar-refractivity contribution >= 4 is 23.2 Å². The highest BCUT2D eigenvalue weighted by atomic mass is 35.5. The standard InChI is InChI=1S/C16H23ClN2O2/c1-3-18-15-7-6-13(17)9-14(15)16(21)19-8-4-5-12(10-19)11(2)20/h6-7,9,11-12,18,20H,3-5,8,10H2,1-2H3/t11-,12+/m1/s1. The fourth-order valence-corrected chi connectivity index (χ4v) is 2.97. The molecule has 1 fully saturated rings. The molecule has 0 unspecified atom stereocenters. The van der Waals surface area contributed by atoms with Crippen LogP contribution in [0.15, 0.2) is 18.2 Å². The number of carbonyl (C=O) groups excluding carboxylic acids is 1. The number of likely N-dealkylation sites (tertiary alicyclic amines) is 1. The molecule has 1 aliphatic rings. The number of aliphatic hydroxyl groups excluding tert-OH is 1. The molecule has 1 aromatic rings. The molecular formula is C16H23ClN2O2. The highest BCUT2D eigenvalue weighted by Gasteiger charge is 2.28. The van der Waals surface area contributed by atoms with Crippen molar-refractivity contribution < 1.29 is 9.90 Å². The van der Waals surface area contributed by atoms with Crippen molar-refractivity contribution in [3.63, 3.8) is 0 Å². The van der Waals surface area contributed by atoms with Gasteiger partial charge < -0.3 is 15.3 Å². The molecule has 1 aromatic carbocycles. The Labute approximate surface area is 131 Å². The van der Waals surface area contributed by atoms with Gasteiger partial charge in [0.15, 0.2) is 0 Å². The maximum absolute atomic E-state index is 12.8. The normalized spacial score (nSPS) is 20.2. The summed E-state index contributed by atoms with van der Waals surface area (Å²) >= 11 is 6.04. The Kier molecular flexibility index (Phi) is 5.48. The Morgan fingerprint density at radius 3 is 3.00 bits per heavy atom. The molecule has 1 aliphatic heterocycles. The van der Waals surface area contributed by atoms with Crippen molar-refractivity contribution in [2.24, 2.45) is 5.92 Å². The average Bonchev–Trinajstić information content (AvgIpc) is 2.48. The van der Waals surface area contributed by atoms with E-state index in [1.54, 1.807) is 19.1 Å². The Morgan fingerprint density at radius 1 is 1.57 bits per heavy atom. The zero-order valence-electron chi connectivity index (χ0n) is 12.6. The summed E-state index contributed by atoms with van der Waals surface area (Å²) in [7, 11) is 0. The summed E-state index contributed by atoms with van der Waals surface area (Å²) in [6.07, 6.45) is 1.52. The van der Waals surface area contributed by atoms with Gasteiger partial charge in [0.05, 0.1) is 11.7 Å². The van der Waals surface area contributed by atoms with E-state index in [2.05, 4.69) is 5.32 Å². The first-order valence-corrected chi connectivity index (χ1v) is 7.91. The van der Waals surface area contributed by atoms with E-state index in [1.807, 2.05) is 17.9 Å². The molecule has 21 heavy (non-hydrogen) atoms. The molecule has 1 heterocycles. The minimum Gasteiger partial charge on any atom is -0.393 e. The third kappa shape index (κ3) is 3.89. The van der Waals surface area contributed by atoms with Gasteiger partial charge in [-0.1, -0.05) is 11.6 Å². The average molecular weight is 311 g/mol. The van der Waals surface area contributed by atoms with Crippen molar-refractivity contribution in [2.45, 2.75) is 32.8 Å². The number of anilines is 1. The number of carbonyl (C=O) groups is 1. The summed E-state index contributed by atoms with van der Waals surface area (Å²) in [4.78, 5) is 14.6. The Hall–Kier alpha value is -1.26. The molecule has 4 nitrogen and oxygen atoms in total. The molecule has 1 amide bonds. The second-order valence-electron chi connectivity index (χ2n) is 5.61. The van der Waals surface area contributed by atoms with Crippen LogP contribution in [0.4, 0.5) is 5.69 Å². The van der Waals surface area contributed by atoms with E-state index in [1.165, 1.54) is 0 Å². The zero-order chi connectivity index (χ0) is 15.4. The summed E-state index contributed by atoms with van der Waals surface area (Å²) < 4.78 is 0. The Bertz CT molecular complexity index is 505. The molecule has 1 saturated heterocycles. The molecule has 2 N–H and O–H groups in total. The van der Waals surface area contributed by atoms with Crippen molar-refractivity contribution in [2.75, 3.05) is 25.0 Å². The highest BCUT2D eigenvalue weighted by molar-refractivity contribution is 6.31. The lowest BCUT2D eigenvalue weighted by Crippen LogP contribution is -2.43. The lowest BCUT2D eigenvalue weighted by Gasteiger charge is -2.34. The predicted molar refractivity (Wildman–Crippen MR) is 85.9 cm³/mol. The number of aliphatic hydroxyl groups is 1. The molecule has 0 aliphatic carbocycles. The lowest BCUT2D eigenvalue weighted by molar-refractivity contribution is 0.0467. The first kappa shape index (κ1) is 16.1. The quantitative estimate of drug-likeness (QED) is 0.899. The minimum atomic E-state index is -0.381. The van der Waals surface area contributed by atoms with Crippen LogP contribution in [0.1, 0.15) is 37.0 Å². The van der Waals surface area contributed by atoms with E-state index in [4.69, 9.17) is 11.6 Å². The Balaban J connectivity index is 2.20. The van der Waals surface area contributed by atoms with Crippen LogP contribution >= 0.6 is 11.6 Å². The number of hydrogen-bond donors (Lipinski definition) is 2. The van der Waals surface area contributed by atoms with Crippen molar-refractivity contribution in [1.29, 1.82) is 0 Å². The van der Waals surface area contributed by atoms with Gasteiger partial charge in [0.2, 0.25) is 0 Å². The second-order valence-corrected chi connectivity index (χ2v) is 6.05. The highest BCUT2D eigenvalue weighted by Crippen LogP contribution is 2.26. The van der Waals surface area contributed by atoms with Crippen molar-refractivity contribution in [3.8, 4) is 0 Å². The van der Waals surface area contributed by atoms with Crippen LogP contribution in [0.2, 0.25) is 5.02 Å². The predicted octanol–water partition coefficient (Wildman–Crippen LogP) is 3.00. The smallest absolute Gasteiger partial charge is 0.256 e. The van der Waals surface area contributed by atoms with Crippen LogP contribution in [0, 0.1) is 5.92 Å². The van der Waals surface area contributed by atoms with Crippen LogP contribution in [0.25, 0.3) is 0 Å². The molecule has 116 valence electrons. The summed E-state index contributed by atoms with van der Waals surface area (Å²) in [5.41, 5.74) is 1.42. The number of nitrogens with one attached hydrogen (secondary N) is 1. The summed E-state index contributed by atoms with van der Waals surface area (Å²) in [5, 5.41) is 13.5. The van der Waals surface area contributed by atoms with Crippen molar-refractivity contribution in [3.05, 3.63) is 28.8 Å². The lowest BCUT2D eigenvalue weighted by atomic mass is 9.93. The SMILES string of the molecule is CCNc1ccc(Cl)cc1C(=O)N1CCC[C@H]([C@@H](C)O)C1. The first-order chi connectivity index (χ1) is 10.0. The second kappa shape index (κ2) is 7.14. The topological polar surface area (TPSA) is 52.6 Å². The fourth-order valence-electron chi connectivity index (χ4n) is 2.80. The maximum atomic E-state index is 12.8. The summed E-state index contributed by atoms with van der Waals surface area (Å²) in [6.45, 7) is 5.88. The van der Waals surface area contributed by atoms with Gasteiger partial charge in [-0.2, -0.15) is 0 Å². The molecule has 0 bridgehead atoms. The number of nitrogens with zero attached hydrogens (tertiary/aromatic N) is 1. The third-order valence-electron chi connectivity index (χ3n) is 4.01. The van der Waals surface area contributed by atoms with Gasteiger partial charge in [-0.3, -0.25) is 4.79 Å². The monoisotopic (exact) mass is 310 g/mol. The molecule has 0 saturated carbocycles. The van der Waals surface area contributed by atoms with E-state index < -0.39 is 0 Å². The number of halogens is 1. The molecule has 0 aromatic heterocycles. The van der Waals surface area contributed by atoms with E-state index in [-0.39, 0.29) is 17.9 Å². The van der Waals surface area contributed by atoms with Gasteiger partial charge in [-0.25, -0.2) is 0 Å². The number of benzene rings is 1. The third-order valence-corrected chi connectivity index (χ3v) is 4.24. The molecule has 2 atom stereocenters. The zero-order valence-corrected chi connectivity index (χ0v) is 13.4. The fraction of sp³-hybridized carbons (Fsp3) is 0.562. The summed E-state index contributed by atoms with van der Waals surface area (Å²) in [6, 6.07) is 5.34. The molecule has 0 radical (unpaired) electrons. The first-order valence-electron chi connectivity index (χ1n) is 7.53. The van der Waals surface area contributed by atoms with E-state index in [9.17, 15) is 9.90 Å². The van der Waals surface area contributed by atoms with Crippen LogP contribution in [-0.4, -0.2) is 41.7 Å². The number of piperidine rings is 1. The molecular weight excluding hydrogens is 288 g/mol. The van der Waals surface area contributed by atoms with Crippen LogP contribution in [-0.2, 0) is 0 Å². The van der Waals surface area contributed by atoms with Gasteiger partial charge in [-0.15, -0.1) is 0 Å². The van der Waals surface area contributed by atoms with E-state index >= 15 is 0 Å². The van der Waals surface area contributed by atoms with Crippen LogP contribution < -0.4 is 5.32 Å². The van der Waals surface area contributed by atoms with Crippen LogP contribution in [0.3, 0.4) is 0 Å². The molecule has 0 spiro atoms. The number of rotatable bonds is 4. The van der Waals surface area contributed by atoms with Crippen LogP contribution in [0.5, 0.6) is 0 Å². The number of amides is 1. The minimum absolute atomic E-state index is 0.0150. The number of hydrogen-bond acceptors (Lipinski definition) is 3. The molecule has 2 rings (SSSR count). The Morgan fingerprint density at radius 2 is 2.33 bits per heavy atom. The largest absolute Gasteiger partial charge is 0.393 e.